The Kier molecular flexibility index (Phi) is 5.99. The highest BCUT2D eigenvalue weighted by atomic mass is 31.2. The van der Waals surface area contributed by atoms with Gasteiger partial charge in [0.25, 0.3) is 0 Å². The third kappa shape index (κ3) is 3.78. The van der Waals surface area contributed by atoms with Crippen LogP contribution in [0.25, 0.3) is 10.8 Å². The quantitative estimate of drug-likeness (QED) is 0.702. The number of fused-ring (bicyclic) bond motifs is 1. The minimum atomic E-state index is -3.86. The summed E-state index contributed by atoms with van der Waals surface area (Å²) in [6.07, 6.45) is -0.153. The summed E-state index contributed by atoms with van der Waals surface area (Å²) in [6, 6.07) is 10.5. The van der Waals surface area contributed by atoms with Crippen LogP contribution < -0.4 is 0 Å². The third-order valence-electron chi connectivity index (χ3n) is 3.70. The molecule has 7 heteroatoms. The van der Waals surface area contributed by atoms with Crippen LogP contribution in [0.3, 0.4) is 0 Å². The van der Waals surface area contributed by atoms with Gasteiger partial charge in [-0.1, -0.05) is 30.3 Å². The molecule has 2 rings (SSSR count). The molecule has 2 aromatic rings. The normalized spacial score (nSPS) is 13.1. The smallest absolute Gasteiger partial charge is 0.345 e. The molecule has 0 aliphatic heterocycles. The highest BCUT2D eigenvalue weighted by Gasteiger charge is 2.42. The molecule has 1 atom stereocenters. The van der Waals surface area contributed by atoms with E-state index in [0.717, 1.165) is 5.39 Å². The summed E-state index contributed by atoms with van der Waals surface area (Å²) in [7, 11) is -3.86. The van der Waals surface area contributed by atoms with Crippen LogP contribution in [0, 0.1) is 0 Å². The van der Waals surface area contributed by atoms with E-state index in [0.29, 0.717) is 10.9 Å². The Labute approximate surface area is 140 Å². The van der Waals surface area contributed by atoms with Gasteiger partial charge in [-0.15, -0.1) is 0 Å². The van der Waals surface area contributed by atoms with Gasteiger partial charge in [-0.2, -0.15) is 0 Å². The van der Waals surface area contributed by atoms with Crippen LogP contribution >= 0.6 is 7.60 Å². The van der Waals surface area contributed by atoms with Gasteiger partial charge in [0.15, 0.2) is 5.66 Å². The Morgan fingerprint density at radius 2 is 1.75 bits per heavy atom. The Balaban J connectivity index is 2.50. The van der Waals surface area contributed by atoms with Crippen LogP contribution in [0.5, 0.6) is 5.75 Å². The fraction of sp³-hybridized carbons (Fsp3) is 0.353. The van der Waals surface area contributed by atoms with Crippen LogP contribution in [0.15, 0.2) is 36.4 Å². The number of rotatable bonds is 8. The average molecular weight is 352 g/mol. The first-order valence-corrected chi connectivity index (χ1v) is 9.35. The summed E-state index contributed by atoms with van der Waals surface area (Å²) in [5, 5.41) is 21.3. The number of phenolic OH excluding ortho intramolecular Hbond substituents is 1. The molecule has 2 aromatic carbocycles. The highest BCUT2D eigenvalue weighted by molar-refractivity contribution is 7.55. The lowest BCUT2D eigenvalue weighted by atomic mass is 9.99. The lowest BCUT2D eigenvalue weighted by Gasteiger charge is -2.24. The second kappa shape index (κ2) is 7.79. The van der Waals surface area contributed by atoms with E-state index in [4.69, 9.17) is 9.05 Å². The molecule has 0 amide bonds. The Bertz CT molecular complexity index is 763. The van der Waals surface area contributed by atoms with Crippen molar-refractivity contribution < 1.29 is 28.6 Å². The molecular weight excluding hydrogens is 331 g/mol. The lowest BCUT2D eigenvalue weighted by Crippen LogP contribution is -2.26. The molecule has 130 valence electrons. The first kappa shape index (κ1) is 18.5. The number of aromatic hydroxyl groups is 1. The monoisotopic (exact) mass is 352 g/mol. The number of hydrogen-bond acceptors (Lipinski definition) is 5. The molecule has 0 saturated heterocycles. The van der Waals surface area contributed by atoms with E-state index in [1.165, 1.54) is 6.07 Å². The van der Waals surface area contributed by atoms with Gasteiger partial charge in [-0.25, -0.2) is 0 Å². The highest BCUT2D eigenvalue weighted by Crippen LogP contribution is 2.54. The number of hydrogen-bond donors (Lipinski definition) is 2. The molecule has 0 saturated carbocycles. The van der Waals surface area contributed by atoms with Crippen LogP contribution in [0.4, 0.5) is 0 Å². The second-order valence-electron chi connectivity index (χ2n) is 5.22. The van der Waals surface area contributed by atoms with Crippen molar-refractivity contribution in [3.05, 3.63) is 42.0 Å². The molecular formula is C17H21O6P. The topological polar surface area (TPSA) is 93.1 Å². The summed E-state index contributed by atoms with van der Waals surface area (Å²) >= 11 is 0. The lowest BCUT2D eigenvalue weighted by molar-refractivity contribution is -0.137. The van der Waals surface area contributed by atoms with Crippen molar-refractivity contribution >= 4 is 24.3 Å². The SMILES string of the molecule is CCOP(=O)(OCC)C(Cc1c(O)ccc2ccccc12)C(=O)O. The maximum atomic E-state index is 12.9. The fourth-order valence-corrected chi connectivity index (χ4v) is 4.47. The summed E-state index contributed by atoms with van der Waals surface area (Å²) < 4.78 is 23.3. The van der Waals surface area contributed by atoms with Crippen molar-refractivity contribution in [2.75, 3.05) is 13.2 Å². The number of phenols is 1. The van der Waals surface area contributed by atoms with Crippen LogP contribution in [0.2, 0.25) is 0 Å². The van der Waals surface area contributed by atoms with Gasteiger partial charge in [0, 0.05) is 12.0 Å². The van der Waals surface area contributed by atoms with Crippen molar-refractivity contribution in [3.63, 3.8) is 0 Å². The summed E-state index contributed by atoms with van der Waals surface area (Å²) in [5.41, 5.74) is -0.978. The molecule has 0 spiro atoms. The van der Waals surface area contributed by atoms with E-state index in [2.05, 4.69) is 0 Å². The molecule has 0 radical (unpaired) electrons. The molecule has 0 aliphatic rings. The van der Waals surface area contributed by atoms with E-state index in [9.17, 15) is 19.6 Å². The zero-order chi connectivity index (χ0) is 17.7. The maximum Gasteiger partial charge on any atom is 0.345 e. The second-order valence-corrected chi connectivity index (χ2v) is 7.44. The predicted octanol–water partition coefficient (Wildman–Crippen LogP) is 3.81. The van der Waals surface area contributed by atoms with Crippen LogP contribution in [-0.2, 0) is 24.8 Å². The summed E-state index contributed by atoms with van der Waals surface area (Å²) in [6.45, 7) is 3.39. The zero-order valence-corrected chi connectivity index (χ0v) is 14.5. The van der Waals surface area contributed by atoms with Gasteiger partial charge in [0.1, 0.15) is 5.75 Å². The zero-order valence-electron chi connectivity index (χ0n) is 13.6. The van der Waals surface area contributed by atoms with Gasteiger partial charge in [-0.3, -0.25) is 9.36 Å². The number of benzene rings is 2. The van der Waals surface area contributed by atoms with E-state index in [1.807, 2.05) is 12.1 Å². The largest absolute Gasteiger partial charge is 0.508 e. The van der Waals surface area contributed by atoms with E-state index in [1.54, 1.807) is 32.0 Å². The standard InChI is InChI=1S/C17H21O6P/c1-3-22-24(21,23-4-2)16(17(19)20)11-14-13-8-6-5-7-12(13)9-10-15(14)18/h5-10,16,18H,3-4,11H2,1-2H3,(H,19,20). The number of carboxylic acids is 1. The number of aliphatic carboxylic acids is 1. The molecule has 0 aromatic heterocycles. The van der Waals surface area contributed by atoms with Crippen LogP contribution in [0.1, 0.15) is 19.4 Å². The molecule has 6 nitrogen and oxygen atoms in total. The van der Waals surface area contributed by atoms with E-state index >= 15 is 0 Å². The van der Waals surface area contributed by atoms with Crippen molar-refractivity contribution in [3.8, 4) is 5.75 Å². The van der Waals surface area contributed by atoms with Gasteiger partial charge in [0.05, 0.1) is 13.2 Å². The van der Waals surface area contributed by atoms with Gasteiger partial charge in [-0.05, 0) is 30.7 Å². The summed E-state index contributed by atoms with van der Waals surface area (Å²) in [4.78, 5) is 11.7. The van der Waals surface area contributed by atoms with Crippen molar-refractivity contribution in [1.29, 1.82) is 0 Å². The van der Waals surface area contributed by atoms with Crippen molar-refractivity contribution in [2.45, 2.75) is 25.9 Å². The molecule has 0 fully saturated rings. The number of carboxylic acid groups (broad SMARTS) is 1. The Morgan fingerprint density at radius 3 is 2.33 bits per heavy atom. The van der Waals surface area contributed by atoms with Gasteiger partial charge >= 0.3 is 13.6 Å². The first-order valence-electron chi connectivity index (χ1n) is 7.74. The summed E-state index contributed by atoms with van der Waals surface area (Å²) in [5.74, 6) is -1.33. The fourth-order valence-electron chi connectivity index (χ4n) is 2.64. The number of carbonyl (C=O) groups is 1. The molecule has 0 aliphatic carbocycles. The molecule has 2 N–H and O–H groups in total. The molecule has 0 heterocycles. The predicted molar refractivity (Wildman–Crippen MR) is 91.6 cm³/mol. The van der Waals surface area contributed by atoms with Crippen molar-refractivity contribution in [1.82, 2.24) is 0 Å². The van der Waals surface area contributed by atoms with Gasteiger partial charge in [0.2, 0.25) is 0 Å². The first-order chi connectivity index (χ1) is 11.4. The van der Waals surface area contributed by atoms with E-state index < -0.39 is 19.2 Å². The molecule has 24 heavy (non-hydrogen) atoms. The van der Waals surface area contributed by atoms with Crippen LogP contribution in [-0.4, -0.2) is 35.1 Å². The van der Waals surface area contributed by atoms with Gasteiger partial charge < -0.3 is 19.3 Å². The minimum absolute atomic E-state index is 0.0421. The molecule has 0 bridgehead atoms. The Morgan fingerprint density at radius 1 is 1.12 bits per heavy atom. The average Bonchev–Trinajstić information content (AvgIpc) is 2.54. The third-order valence-corrected chi connectivity index (χ3v) is 6.10. The molecule has 1 unspecified atom stereocenters. The minimum Gasteiger partial charge on any atom is -0.508 e. The van der Waals surface area contributed by atoms with Crippen molar-refractivity contribution in [2.24, 2.45) is 0 Å². The Hall–Kier alpha value is -1.88. The van der Waals surface area contributed by atoms with E-state index in [-0.39, 0.29) is 25.4 Å². The maximum absolute atomic E-state index is 12.9.